The first kappa shape index (κ1) is 10.8. The molecular formula is C12H19NO. The average molecular weight is 193 g/mol. The van der Waals surface area contributed by atoms with Crippen LogP contribution in [0.3, 0.4) is 0 Å². The third kappa shape index (κ3) is 2.13. The van der Waals surface area contributed by atoms with Crippen LogP contribution < -0.4 is 5.32 Å². The van der Waals surface area contributed by atoms with Crippen molar-refractivity contribution in [2.45, 2.75) is 27.2 Å². The van der Waals surface area contributed by atoms with E-state index in [2.05, 4.69) is 11.4 Å². The highest BCUT2D eigenvalue weighted by molar-refractivity contribution is 5.96. The van der Waals surface area contributed by atoms with Gasteiger partial charge in [0.05, 0.1) is 0 Å². The summed E-state index contributed by atoms with van der Waals surface area (Å²) in [7, 11) is 0. The number of hydrogen-bond acceptors (Lipinski definition) is 1. The standard InChI is InChI=1S/C10H11NO.C2H6.H2/c1-7-2-3-9-8(6-7)4-5-11-10(9)12;1-2;/h2-3,6H,4-5H2,1H3,(H,11,12);1-2H3;1H. The molecule has 1 N–H and O–H groups in total. The van der Waals surface area contributed by atoms with E-state index in [0.717, 1.165) is 18.5 Å². The molecule has 2 heteroatoms. The van der Waals surface area contributed by atoms with Crippen LogP contribution in [0.2, 0.25) is 0 Å². The van der Waals surface area contributed by atoms with Gasteiger partial charge in [0.15, 0.2) is 0 Å². The van der Waals surface area contributed by atoms with Crippen molar-refractivity contribution < 1.29 is 6.22 Å². The Bertz CT molecular complexity index is 336. The van der Waals surface area contributed by atoms with Crippen molar-refractivity contribution in [3.8, 4) is 0 Å². The number of aryl methyl sites for hydroxylation is 1. The van der Waals surface area contributed by atoms with Crippen LogP contribution in [0.15, 0.2) is 18.2 Å². The molecule has 0 aromatic heterocycles. The van der Waals surface area contributed by atoms with E-state index >= 15 is 0 Å². The molecular weight excluding hydrogens is 174 g/mol. The molecule has 1 aromatic carbocycles. The van der Waals surface area contributed by atoms with E-state index in [1.165, 1.54) is 11.1 Å². The topological polar surface area (TPSA) is 29.1 Å². The highest BCUT2D eigenvalue weighted by atomic mass is 16.1. The minimum Gasteiger partial charge on any atom is -0.352 e. The van der Waals surface area contributed by atoms with Gasteiger partial charge in [-0.25, -0.2) is 0 Å². The maximum atomic E-state index is 11.3. The summed E-state index contributed by atoms with van der Waals surface area (Å²) in [5.74, 6) is 0.0660. The first-order chi connectivity index (χ1) is 6.77. The van der Waals surface area contributed by atoms with E-state index in [1.807, 2.05) is 32.9 Å². The summed E-state index contributed by atoms with van der Waals surface area (Å²) in [5.41, 5.74) is 3.24. The number of fused-ring (bicyclic) bond motifs is 1. The zero-order valence-corrected chi connectivity index (χ0v) is 9.05. The second-order valence-corrected chi connectivity index (χ2v) is 3.17. The largest absolute Gasteiger partial charge is 0.352 e. The van der Waals surface area contributed by atoms with Crippen molar-refractivity contribution in [2.75, 3.05) is 6.54 Å². The van der Waals surface area contributed by atoms with Crippen molar-refractivity contribution in [1.29, 1.82) is 0 Å². The first-order valence-electron chi connectivity index (χ1n) is 5.15. The van der Waals surface area contributed by atoms with Crippen molar-refractivity contribution in [3.63, 3.8) is 0 Å². The molecule has 2 rings (SSSR count). The van der Waals surface area contributed by atoms with Crippen LogP contribution in [0.4, 0.5) is 0 Å². The molecule has 0 radical (unpaired) electrons. The van der Waals surface area contributed by atoms with Gasteiger partial charge in [0.1, 0.15) is 0 Å². The Morgan fingerprint density at radius 1 is 1.36 bits per heavy atom. The third-order valence-electron chi connectivity index (χ3n) is 2.19. The molecule has 0 bridgehead atoms. The summed E-state index contributed by atoms with van der Waals surface area (Å²) < 4.78 is 0. The predicted octanol–water partition coefficient (Wildman–Crippen LogP) is 2.55. The molecule has 0 unspecified atom stereocenters. The molecule has 0 spiro atoms. The molecule has 1 heterocycles. The van der Waals surface area contributed by atoms with Crippen LogP contribution in [-0.2, 0) is 6.42 Å². The van der Waals surface area contributed by atoms with Crippen LogP contribution in [0.5, 0.6) is 0 Å². The molecule has 0 aliphatic carbocycles. The monoisotopic (exact) mass is 193 g/mol. The van der Waals surface area contributed by atoms with Crippen molar-refractivity contribution >= 4 is 5.91 Å². The van der Waals surface area contributed by atoms with Gasteiger partial charge in [-0.05, 0) is 25.0 Å². The fourth-order valence-electron chi connectivity index (χ4n) is 1.56. The van der Waals surface area contributed by atoms with E-state index in [0.29, 0.717) is 0 Å². The van der Waals surface area contributed by atoms with Crippen LogP contribution >= 0.6 is 0 Å². The Morgan fingerprint density at radius 2 is 2.07 bits per heavy atom. The van der Waals surface area contributed by atoms with Gasteiger partial charge < -0.3 is 5.32 Å². The summed E-state index contributed by atoms with van der Waals surface area (Å²) in [6, 6.07) is 5.97. The third-order valence-corrected chi connectivity index (χ3v) is 2.19. The normalized spacial score (nSPS) is 13.5. The minimum atomic E-state index is 0. The quantitative estimate of drug-likeness (QED) is 0.674. The van der Waals surface area contributed by atoms with E-state index in [9.17, 15) is 4.79 Å². The van der Waals surface area contributed by atoms with Gasteiger partial charge in [-0.15, -0.1) is 0 Å². The highest BCUT2D eigenvalue weighted by Crippen LogP contribution is 2.14. The zero-order valence-electron chi connectivity index (χ0n) is 9.05. The maximum absolute atomic E-state index is 11.3. The highest BCUT2D eigenvalue weighted by Gasteiger charge is 2.15. The van der Waals surface area contributed by atoms with E-state index in [4.69, 9.17) is 0 Å². The number of benzene rings is 1. The number of rotatable bonds is 0. The number of amides is 1. The molecule has 78 valence electrons. The van der Waals surface area contributed by atoms with E-state index < -0.39 is 0 Å². The molecule has 1 aliphatic heterocycles. The second-order valence-electron chi connectivity index (χ2n) is 3.17. The molecule has 1 amide bonds. The van der Waals surface area contributed by atoms with Crippen LogP contribution in [0, 0.1) is 6.92 Å². The van der Waals surface area contributed by atoms with Gasteiger partial charge in [0.25, 0.3) is 5.91 Å². The SMILES string of the molecule is CC.Cc1ccc2c(c1)CCNC2=O.[HH]. The van der Waals surface area contributed by atoms with Gasteiger partial charge in [-0.3, -0.25) is 4.79 Å². The van der Waals surface area contributed by atoms with Gasteiger partial charge in [-0.1, -0.05) is 31.5 Å². The molecule has 1 aromatic rings. The number of hydrogen-bond donors (Lipinski definition) is 1. The smallest absolute Gasteiger partial charge is 0.251 e. The maximum Gasteiger partial charge on any atom is 0.251 e. The van der Waals surface area contributed by atoms with E-state index in [-0.39, 0.29) is 7.33 Å². The molecule has 0 saturated heterocycles. The second kappa shape index (κ2) is 4.80. The van der Waals surface area contributed by atoms with Gasteiger partial charge >= 0.3 is 0 Å². The fourth-order valence-corrected chi connectivity index (χ4v) is 1.56. The molecule has 14 heavy (non-hydrogen) atoms. The summed E-state index contributed by atoms with van der Waals surface area (Å²) in [4.78, 5) is 11.3. The van der Waals surface area contributed by atoms with E-state index in [1.54, 1.807) is 0 Å². The van der Waals surface area contributed by atoms with Crippen LogP contribution in [-0.4, -0.2) is 12.5 Å². The molecule has 0 atom stereocenters. The lowest BCUT2D eigenvalue weighted by atomic mass is 9.98. The van der Waals surface area contributed by atoms with Crippen molar-refractivity contribution in [2.24, 2.45) is 0 Å². The van der Waals surface area contributed by atoms with Gasteiger partial charge in [-0.2, -0.15) is 0 Å². The Balaban J connectivity index is 0.000000617. The van der Waals surface area contributed by atoms with Crippen LogP contribution in [0.25, 0.3) is 0 Å². The number of carbonyl (C=O) groups excluding carboxylic acids is 1. The fraction of sp³-hybridized carbons (Fsp3) is 0.417. The predicted molar refractivity (Wildman–Crippen MR) is 60.7 cm³/mol. The molecule has 0 fully saturated rings. The summed E-state index contributed by atoms with van der Waals surface area (Å²) in [6.07, 6.45) is 0.961. The van der Waals surface area contributed by atoms with Gasteiger partial charge in [0, 0.05) is 13.5 Å². The van der Waals surface area contributed by atoms with Gasteiger partial charge in [0.2, 0.25) is 0 Å². The molecule has 1 aliphatic rings. The van der Waals surface area contributed by atoms with Crippen molar-refractivity contribution in [1.82, 2.24) is 5.32 Å². The number of nitrogens with one attached hydrogen (secondary N) is 1. The molecule has 2 nitrogen and oxygen atoms in total. The Kier molecular flexibility index (Phi) is 3.69. The summed E-state index contributed by atoms with van der Waals surface area (Å²) in [5, 5.41) is 2.82. The Morgan fingerprint density at radius 3 is 2.79 bits per heavy atom. The Labute approximate surface area is 86.8 Å². The lowest BCUT2D eigenvalue weighted by Gasteiger charge is -2.16. The summed E-state index contributed by atoms with van der Waals surface area (Å²) >= 11 is 0. The minimum absolute atomic E-state index is 0. The zero-order chi connectivity index (χ0) is 10.6. The van der Waals surface area contributed by atoms with Crippen LogP contribution in [0.1, 0.15) is 36.8 Å². The Hall–Kier alpha value is -1.31. The molecule has 0 saturated carbocycles. The lowest BCUT2D eigenvalue weighted by molar-refractivity contribution is 0.0946. The first-order valence-corrected chi connectivity index (χ1v) is 5.15. The number of carbonyl (C=O) groups is 1. The summed E-state index contributed by atoms with van der Waals surface area (Å²) in [6.45, 7) is 6.82. The van der Waals surface area contributed by atoms with Crippen molar-refractivity contribution in [3.05, 3.63) is 34.9 Å². The lowest BCUT2D eigenvalue weighted by Crippen LogP contribution is -2.31. The average Bonchev–Trinajstić information content (AvgIpc) is 2.21.